The maximum Gasteiger partial charge on any atom is 0.277 e. The quantitative estimate of drug-likeness (QED) is 0.409. The van der Waals surface area contributed by atoms with Crippen LogP contribution in [0.1, 0.15) is 36.5 Å². The Hall–Kier alpha value is -3.05. The Labute approximate surface area is 175 Å². The molecule has 2 aromatic carbocycles. The van der Waals surface area contributed by atoms with Crippen molar-refractivity contribution < 1.29 is 13.9 Å². The summed E-state index contributed by atoms with van der Waals surface area (Å²) in [5, 5.41) is 4.16. The molecule has 0 saturated carbocycles. The summed E-state index contributed by atoms with van der Waals surface area (Å²) in [5.41, 5.74) is 6.07. The SMILES string of the molecule is Cc1ccc(C(C)C)c(OCC(=O)N/N=C/c2cc(-c3ccccc3)oc2Cl)c1. The lowest BCUT2D eigenvalue weighted by Crippen LogP contribution is -2.25. The Morgan fingerprint density at radius 1 is 1.21 bits per heavy atom. The normalized spacial score (nSPS) is 11.2. The molecule has 1 aromatic heterocycles. The number of carbonyl (C=O) groups excluding carboxylic acids is 1. The molecule has 5 nitrogen and oxygen atoms in total. The van der Waals surface area contributed by atoms with Gasteiger partial charge in [-0.05, 0) is 47.7 Å². The smallest absolute Gasteiger partial charge is 0.277 e. The van der Waals surface area contributed by atoms with Gasteiger partial charge in [-0.3, -0.25) is 4.79 Å². The molecule has 29 heavy (non-hydrogen) atoms. The van der Waals surface area contributed by atoms with Crippen LogP contribution in [0.5, 0.6) is 5.75 Å². The predicted octanol–water partition coefficient (Wildman–Crippen LogP) is 5.56. The van der Waals surface area contributed by atoms with E-state index in [1.54, 1.807) is 6.07 Å². The van der Waals surface area contributed by atoms with Crippen LogP contribution in [0, 0.1) is 6.92 Å². The van der Waals surface area contributed by atoms with Crippen molar-refractivity contribution in [2.24, 2.45) is 5.10 Å². The lowest BCUT2D eigenvalue weighted by atomic mass is 10.0. The number of furan rings is 1. The summed E-state index contributed by atoms with van der Waals surface area (Å²) in [6, 6.07) is 17.4. The number of hydrazone groups is 1. The molecule has 0 bridgehead atoms. The van der Waals surface area contributed by atoms with E-state index in [9.17, 15) is 4.79 Å². The summed E-state index contributed by atoms with van der Waals surface area (Å²) < 4.78 is 11.2. The fourth-order valence-corrected chi connectivity index (χ4v) is 3.00. The summed E-state index contributed by atoms with van der Waals surface area (Å²) in [7, 11) is 0. The van der Waals surface area contributed by atoms with Crippen molar-refractivity contribution in [3.05, 3.63) is 76.5 Å². The van der Waals surface area contributed by atoms with Crippen LogP contribution >= 0.6 is 11.6 Å². The second kappa shape index (κ2) is 9.43. The van der Waals surface area contributed by atoms with Gasteiger partial charge in [0.2, 0.25) is 5.22 Å². The van der Waals surface area contributed by atoms with Gasteiger partial charge in [0.1, 0.15) is 11.5 Å². The van der Waals surface area contributed by atoms with Crippen LogP contribution in [0.25, 0.3) is 11.3 Å². The fraction of sp³-hybridized carbons (Fsp3) is 0.217. The van der Waals surface area contributed by atoms with Crippen molar-refractivity contribution in [3.8, 4) is 17.1 Å². The minimum atomic E-state index is -0.361. The average Bonchev–Trinajstić information content (AvgIpc) is 3.07. The molecule has 0 atom stereocenters. The Kier molecular flexibility index (Phi) is 6.73. The third kappa shape index (κ3) is 5.48. The number of nitrogens with zero attached hydrogens (tertiary/aromatic N) is 1. The molecule has 0 aliphatic rings. The number of hydrogen-bond acceptors (Lipinski definition) is 4. The van der Waals surface area contributed by atoms with E-state index in [0.717, 1.165) is 16.7 Å². The zero-order valence-electron chi connectivity index (χ0n) is 16.6. The highest BCUT2D eigenvalue weighted by Crippen LogP contribution is 2.28. The Bertz CT molecular complexity index is 1010. The van der Waals surface area contributed by atoms with Gasteiger partial charge in [0, 0.05) is 5.56 Å². The first-order valence-electron chi connectivity index (χ1n) is 9.34. The second-order valence-electron chi connectivity index (χ2n) is 6.98. The van der Waals surface area contributed by atoms with E-state index in [1.165, 1.54) is 6.21 Å². The fourth-order valence-electron chi connectivity index (χ4n) is 2.81. The number of benzene rings is 2. The van der Waals surface area contributed by atoms with Crippen LogP contribution in [-0.4, -0.2) is 18.7 Å². The van der Waals surface area contributed by atoms with Gasteiger partial charge in [-0.25, -0.2) is 5.43 Å². The summed E-state index contributed by atoms with van der Waals surface area (Å²) in [6.07, 6.45) is 1.45. The topological polar surface area (TPSA) is 63.8 Å². The van der Waals surface area contributed by atoms with Crippen molar-refractivity contribution in [1.82, 2.24) is 5.43 Å². The number of carbonyl (C=O) groups is 1. The molecule has 0 radical (unpaired) electrons. The van der Waals surface area contributed by atoms with Gasteiger partial charge in [0.25, 0.3) is 5.91 Å². The minimum Gasteiger partial charge on any atom is -0.483 e. The van der Waals surface area contributed by atoms with Crippen molar-refractivity contribution >= 4 is 23.7 Å². The number of hydrogen-bond donors (Lipinski definition) is 1. The van der Waals surface area contributed by atoms with E-state index in [2.05, 4.69) is 24.4 Å². The third-order valence-electron chi connectivity index (χ3n) is 4.31. The molecule has 0 saturated heterocycles. The maximum atomic E-state index is 12.1. The van der Waals surface area contributed by atoms with Gasteiger partial charge in [0.15, 0.2) is 6.61 Å². The Balaban J connectivity index is 1.58. The van der Waals surface area contributed by atoms with Crippen LogP contribution in [0.15, 0.2) is 64.1 Å². The minimum absolute atomic E-state index is 0.130. The number of halogens is 1. The van der Waals surface area contributed by atoms with Crippen molar-refractivity contribution in [2.75, 3.05) is 6.61 Å². The molecule has 0 unspecified atom stereocenters. The molecule has 1 heterocycles. The third-order valence-corrected chi connectivity index (χ3v) is 4.61. The monoisotopic (exact) mass is 410 g/mol. The molecule has 6 heteroatoms. The van der Waals surface area contributed by atoms with Gasteiger partial charge in [-0.2, -0.15) is 5.10 Å². The molecule has 0 spiro atoms. The van der Waals surface area contributed by atoms with Gasteiger partial charge < -0.3 is 9.15 Å². The first kappa shape index (κ1) is 20.7. The lowest BCUT2D eigenvalue weighted by Gasteiger charge is -2.14. The summed E-state index contributed by atoms with van der Waals surface area (Å²) >= 11 is 6.12. The average molecular weight is 411 g/mol. The standard InChI is InChI=1S/C23H23ClN2O3/c1-15(2)19-10-9-16(3)11-21(19)28-14-22(27)26-25-13-18-12-20(29-23(18)24)17-7-5-4-6-8-17/h4-13,15H,14H2,1-3H3,(H,26,27)/b25-13+. The summed E-state index contributed by atoms with van der Waals surface area (Å²) in [5.74, 6) is 1.28. The van der Waals surface area contributed by atoms with E-state index in [1.807, 2.05) is 55.5 Å². The molecule has 0 aliphatic carbocycles. The first-order chi connectivity index (χ1) is 13.9. The Morgan fingerprint density at radius 2 is 1.97 bits per heavy atom. The highest BCUT2D eigenvalue weighted by atomic mass is 35.5. The molecule has 3 aromatic rings. The molecular weight excluding hydrogens is 388 g/mol. The highest BCUT2D eigenvalue weighted by Gasteiger charge is 2.11. The zero-order valence-corrected chi connectivity index (χ0v) is 17.4. The number of amides is 1. The molecule has 0 aliphatic heterocycles. The van der Waals surface area contributed by atoms with E-state index in [-0.39, 0.29) is 17.7 Å². The number of aryl methyl sites for hydroxylation is 1. The number of rotatable bonds is 7. The largest absolute Gasteiger partial charge is 0.483 e. The summed E-state index contributed by atoms with van der Waals surface area (Å²) in [6.45, 7) is 6.02. The van der Waals surface area contributed by atoms with Crippen LogP contribution in [0.3, 0.4) is 0 Å². The van der Waals surface area contributed by atoms with Gasteiger partial charge in [-0.15, -0.1) is 0 Å². The summed E-state index contributed by atoms with van der Waals surface area (Å²) in [4.78, 5) is 12.1. The van der Waals surface area contributed by atoms with Gasteiger partial charge >= 0.3 is 0 Å². The van der Waals surface area contributed by atoms with Crippen molar-refractivity contribution in [1.29, 1.82) is 0 Å². The van der Waals surface area contributed by atoms with Gasteiger partial charge in [-0.1, -0.05) is 56.3 Å². The van der Waals surface area contributed by atoms with Crippen molar-refractivity contribution in [3.63, 3.8) is 0 Å². The molecular formula is C23H23ClN2O3. The highest BCUT2D eigenvalue weighted by molar-refractivity contribution is 6.31. The van der Waals surface area contributed by atoms with Gasteiger partial charge in [0.05, 0.1) is 11.8 Å². The van der Waals surface area contributed by atoms with Crippen LogP contribution in [0.2, 0.25) is 5.22 Å². The molecule has 1 N–H and O–H groups in total. The van der Waals surface area contributed by atoms with E-state index in [0.29, 0.717) is 23.0 Å². The number of ether oxygens (including phenoxy) is 1. The Morgan fingerprint density at radius 3 is 2.69 bits per heavy atom. The van der Waals surface area contributed by atoms with Crippen LogP contribution < -0.4 is 10.2 Å². The predicted molar refractivity (Wildman–Crippen MR) is 116 cm³/mol. The molecule has 150 valence electrons. The van der Waals surface area contributed by atoms with E-state index >= 15 is 0 Å². The maximum absolute atomic E-state index is 12.1. The first-order valence-corrected chi connectivity index (χ1v) is 9.72. The second-order valence-corrected chi connectivity index (χ2v) is 7.33. The number of nitrogens with one attached hydrogen (secondary N) is 1. The molecule has 1 amide bonds. The zero-order chi connectivity index (χ0) is 20.8. The van der Waals surface area contributed by atoms with E-state index in [4.69, 9.17) is 20.8 Å². The lowest BCUT2D eigenvalue weighted by molar-refractivity contribution is -0.123. The van der Waals surface area contributed by atoms with Crippen LogP contribution in [-0.2, 0) is 4.79 Å². The van der Waals surface area contributed by atoms with Crippen LogP contribution in [0.4, 0.5) is 0 Å². The van der Waals surface area contributed by atoms with E-state index < -0.39 is 0 Å². The van der Waals surface area contributed by atoms with Crippen molar-refractivity contribution in [2.45, 2.75) is 26.7 Å². The molecule has 3 rings (SSSR count). The molecule has 0 fully saturated rings.